The highest BCUT2D eigenvalue weighted by Crippen LogP contribution is 2.47. The summed E-state index contributed by atoms with van der Waals surface area (Å²) in [7, 11) is -5.19. The average Bonchev–Trinajstić information content (AvgIpc) is 3.28. The Hall–Kier alpha value is -2.01. The summed E-state index contributed by atoms with van der Waals surface area (Å²) in [4.78, 5) is 35.8. The summed E-state index contributed by atoms with van der Waals surface area (Å²) in [5.74, 6) is -1.38. The molecule has 0 aromatic rings. The summed E-state index contributed by atoms with van der Waals surface area (Å²) in [5.41, 5.74) is 0. The number of allylic oxidation sites excluding steroid dienone is 5. The Morgan fingerprint density at radius 2 is 0.985 bits per heavy atom. The highest BCUT2D eigenvalue weighted by molar-refractivity contribution is 7.47. The van der Waals surface area contributed by atoms with Crippen molar-refractivity contribution in [3.63, 3.8) is 0 Å². The second-order valence-electron chi connectivity index (χ2n) is 17.6. The van der Waals surface area contributed by atoms with E-state index in [-0.39, 0.29) is 32.1 Å². The Morgan fingerprint density at radius 1 is 0.538 bits per heavy atom. The van der Waals surface area contributed by atoms with Crippen molar-refractivity contribution in [2.24, 2.45) is 0 Å². The predicted octanol–water partition coefficient (Wildman–Crippen LogP) is 8.11. The number of carbonyl (C=O) groups is 2. The number of hydrogen-bond donors (Lipinski definition) is 8. The molecule has 0 spiro atoms. The third kappa shape index (κ3) is 30.9. The first-order valence-corrected chi connectivity index (χ1v) is 26.5. The van der Waals surface area contributed by atoms with Gasteiger partial charge in [0.05, 0.1) is 18.8 Å². The lowest BCUT2D eigenvalue weighted by Crippen LogP contribution is -2.64. The van der Waals surface area contributed by atoms with E-state index >= 15 is 0 Å². The zero-order valence-corrected chi connectivity index (χ0v) is 40.7. The fourth-order valence-electron chi connectivity index (χ4n) is 7.51. The van der Waals surface area contributed by atoms with E-state index in [0.717, 1.165) is 38.5 Å². The second kappa shape index (κ2) is 38.9. The summed E-state index contributed by atoms with van der Waals surface area (Å²) in [6.45, 7) is 3.04. The molecule has 0 aromatic heterocycles. The molecule has 1 fully saturated rings. The smallest absolute Gasteiger partial charge is 0.462 e. The molecule has 1 saturated carbocycles. The molecule has 15 nitrogen and oxygen atoms in total. The molecule has 0 aliphatic heterocycles. The molecule has 65 heavy (non-hydrogen) atoms. The van der Waals surface area contributed by atoms with Crippen LogP contribution in [0.3, 0.4) is 0 Å². The average molecular weight is 949 g/mol. The van der Waals surface area contributed by atoms with Crippen LogP contribution in [0.15, 0.2) is 36.5 Å². The van der Waals surface area contributed by atoms with Crippen LogP contribution < -0.4 is 0 Å². The molecule has 5 unspecified atom stereocenters. The quantitative estimate of drug-likeness (QED) is 0.0125. The molecular weight excluding hydrogens is 859 g/mol. The van der Waals surface area contributed by atoms with Gasteiger partial charge in [-0.25, -0.2) is 4.57 Å². The molecular formula is C49H89O15P. The summed E-state index contributed by atoms with van der Waals surface area (Å²) in [5, 5.41) is 71.0. The molecule has 1 aliphatic rings. The summed E-state index contributed by atoms with van der Waals surface area (Å²) in [6.07, 6.45) is 23.4. The van der Waals surface area contributed by atoms with Gasteiger partial charge in [-0.3, -0.25) is 18.6 Å². The minimum Gasteiger partial charge on any atom is -0.462 e. The Morgan fingerprint density at radius 3 is 1.52 bits per heavy atom. The van der Waals surface area contributed by atoms with E-state index in [1.165, 1.54) is 96.3 Å². The fraction of sp³-hybridized carbons (Fsp3) is 0.837. The van der Waals surface area contributed by atoms with Crippen LogP contribution in [0, 0.1) is 0 Å². The van der Waals surface area contributed by atoms with E-state index in [9.17, 15) is 54.8 Å². The minimum atomic E-state index is -5.19. The van der Waals surface area contributed by atoms with Gasteiger partial charge in [0, 0.05) is 12.8 Å². The van der Waals surface area contributed by atoms with Crippen molar-refractivity contribution in [1.82, 2.24) is 0 Å². The monoisotopic (exact) mass is 949 g/mol. The number of unbranched alkanes of at least 4 members (excludes halogenated alkanes) is 19. The van der Waals surface area contributed by atoms with Gasteiger partial charge >= 0.3 is 19.8 Å². The second-order valence-corrected chi connectivity index (χ2v) is 19.0. The third-order valence-corrected chi connectivity index (χ3v) is 12.7. The molecule has 10 atom stereocenters. The number of aliphatic hydroxyl groups is 7. The summed E-state index contributed by atoms with van der Waals surface area (Å²) >= 11 is 0. The summed E-state index contributed by atoms with van der Waals surface area (Å²) in [6, 6.07) is 0. The zero-order chi connectivity index (χ0) is 48.1. The van der Waals surface area contributed by atoms with E-state index in [1.54, 1.807) is 6.08 Å². The molecule has 0 amide bonds. The van der Waals surface area contributed by atoms with Gasteiger partial charge < -0.3 is 50.1 Å². The first kappa shape index (κ1) is 61.0. The van der Waals surface area contributed by atoms with Crippen LogP contribution >= 0.6 is 7.82 Å². The maximum Gasteiger partial charge on any atom is 0.472 e. The number of phosphoric ester groups is 1. The number of aliphatic hydroxyl groups excluding tert-OH is 7. The first-order valence-electron chi connectivity index (χ1n) is 25.0. The molecule has 8 N–H and O–H groups in total. The number of hydrogen-bond acceptors (Lipinski definition) is 14. The van der Waals surface area contributed by atoms with Crippen molar-refractivity contribution in [2.45, 2.75) is 249 Å². The van der Waals surface area contributed by atoms with E-state index in [2.05, 4.69) is 32.1 Å². The Kier molecular flexibility index (Phi) is 36.5. The van der Waals surface area contributed by atoms with E-state index in [1.807, 2.05) is 12.2 Å². The predicted molar refractivity (Wildman–Crippen MR) is 252 cm³/mol. The lowest BCUT2D eigenvalue weighted by Gasteiger charge is -2.41. The van der Waals surface area contributed by atoms with Crippen molar-refractivity contribution in [3.8, 4) is 0 Å². The lowest BCUT2D eigenvalue weighted by atomic mass is 9.85. The van der Waals surface area contributed by atoms with Crippen LogP contribution in [0.1, 0.15) is 194 Å². The van der Waals surface area contributed by atoms with Crippen LogP contribution in [0.5, 0.6) is 0 Å². The van der Waals surface area contributed by atoms with Crippen molar-refractivity contribution < 1.29 is 73.3 Å². The molecule has 0 bridgehead atoms. The van der Waals surface area contributed by atoms with E-state index in [4.69, 9.17) is 18.5 Å². The molecule has 1 aliphatic carbocycles. The van der Waals surface area contributed by atoms with Crippen LogP contribution in [0.2, 0.25) is 0 Å². The minimum absolute atomic E-state index is 0.0395. The Balaban J connectivity index is 2.53. The van der Waals surface area contributed by atoms with Crippen molar-refractivity contribution >= 4 is 19.8 Å². The van der Waals surface area contributed by atoms with Crippen LogP contribution in [-0.2, 0) is 32.7 Å². The molecule has 380 valence electrons. The van der Waals surface area contributed by atoms with Gasteiger partial charge in [0.2, 0.25) is 0 Å². The lowest BCUT2D eigenvalue weighted by molar-refractivity contribution is -0.220. The van der Waals surface area contributed by atoms with E-state index in [0.29, 0.717) is 12.8 Å². The van der Waals surface area contributed by atoms with Crippen LogP contribution in [-0.4, -0.2) is 121 Å². The van der Waals surface area contributed by atoms with Crippen molar-refractivity contribution in [3.05, 3.63) is 36.5 Å². The van der Waals surface area contributed by atoms with E-state index < -0.39 is 87.9 Å². The van der Waals surface area contributed by atoms with Crippen molar-refractivity contribution in [1.29, 1.82) is 0 Å². The van der Waals surface area contributed by atoms with Crippen molar-refractivity contribution in [2.75, 3.05) is 13.2 Å². The molecule has 1 rings (SSSR count). The van der Waals surface area contributed by atoms with Gasteiger partial charge in [0.15, 0.2) is 6.10 Å². The van der Waals surface area contributed by atoms with Gasteiger partial charge in [-0.15, -0.1) is 0 Å². The molecule has 0 heterocycles. The largest absolute Gasteiger partial charge is 0.472 e. The Labute approximate surface area is 390 Å². The van der Waals surface area contributed by atoms with Crippen LogP contribution in [0.25, 0.3) is 0 Å². The first-order chi connectivity index (χ1) is 31.2. The zero-order valence-electron chi connectivity index (χ0n) is 39.8. The molecule has 0 saturated heterocycles. The third-order valence-electron chi connectivity index (χ3n) is 11.7. The maximum atomic E-state index is 12.8. The fourth-order valence-corrected chi connectivity index (χ4v) is 8.48. The summed E-state index contributed by atoms with van der Waals surface area (Å²) < 4.78 is 33.4. The normalized spacial score (nSPS) is 22.7. The number of ether oxygens (including phenoxy) is 2. The number of phosphoric acid groups is 1. The standard InChI is InChI=1S/C49H89O15P/c1-3-5-7-9-11-13-15-17-18-19-20-21-23-25-27-29-31-35-43(53)63-39(38-62-65(59,60)64-49-47(57)45(55)44(54)46(56)48(49)58)37-61-42(52)36-32-34-41(51)40(50)33-30-28-26-24-22-16-14-12-10-8-6-4-2/h12,14,22,24,28,30,39-41,44-51,54-58H,3-11,13,15-21,23,25-27,29,31-38H2,1-2H3,(H,59,60)/b14-12-,24-22-,30-28-/t39-,40?,41?,44?,45-,46+,47-,48-,49?/m1/s1. The molecule has 16 heteroatoms. The topological polar surface area (TPSA) is 250 Å². The van der Waals surface area contributed by atoms with Gasteiger partial charge in [-0.1, -0.05) is 166 Å². The van der Waals surface area contributed by atoms with Gasteiger partial charge in [-0.05, 0) is 51.4 Å². The molecule has 0 radical (unpaired) electrons. The van der Waals surface area contributed by atoms with Crippen LogP contribution in [0.4, 0.5) is 0 Å². The number of carbonyl (C=O) groups excluding carboxylic acids is 2. The molecule has 0 aromatic carbocycles. The maximum absolute atomic E-state index is 12.8. The Bertz CT molecular complexity index is 1310. The highest BCUT2D eigenvalue weighted by Gasteiger charge is 2.51. The van der Waals surface area contributed by atoms with Gasteiger partial charge in [0.1, 0.15) is 43.2 Å². The van der Waals surface area contributed by atoms with Gasteiger partial charge in [0.25, 0.3) is 0 Å². The number of rotatable bonds is 41. The highest BCUT2D eigenvalue weighted by atomic mass is 31.2. The number of esters is 2. The van der Waals surface area contributed by atoms with Gasteiger partial charge in [-0.2, -0.15) is 0 Å². The SMILES string of the molecule is CCCCC/C=C\C/C=C\C/C=C\CC(O)C(O)CCCC(=O)OC[C@H](COP(=O)(O)OC1[C@H](O)[C@H](O)C(O)[C@H](O)[C@H]1O)OC(=O)CCCCCCCCCCCCCCCCCCC.